The van der Waals surface area contributed by atoms with Gasteiger partial charge in [-0.1, -0.05) is 29.3 Å². The van der Waals surface area contributed by atoms with Crippen LogP contribution in [0, 0.1) is 0 Å². The Bertz CT molecular complexity index is 1490. The summed E-state index contributed by atoms with van der Waals surface area (Å²) in [5.74, 6) is 0.961. The zero-order valence-electron chi connectivity index (χ0n) is 20.2. The lowest BCUT2D eigenvalue weighted by Crippen LogP contribution is -2.13. The van der Waals surface area contributed by atoms with Crippen molar-refractivity contribution in [2.75, 3.05) is 13.7 Å². The number of carboxylic acids is 1. The fourth-order valence-electron chi connectivity index (χ4n) is 3.94. The van der Waals surface area contributed by atoms with Gasteiger partial charge in [-0.15, -0.1) is 0 Å². The Labute approximate surface area is 222 Å². The number of carbonyl (C=O) groups is 1. The van der Waals surface area contributed by atoms with Crippen molar-refractivity contribution in [2.45, 2.75) is 38.3 Å². The fourth-order valence-corrected chi connectivity index (χ4v) is 4.40. The Hall–Kier alpha value is -3.56. The summed E-state index contributed by atoms with van der Waals surface area (Å²) in [5, 5.41) is 9.82. The monoisotopic (exact) mass is 542 g/mol. The minimum atomic E-state index is -0.958. The molecule has 0 spiro atoms. The number of fused-ring (bicyclic) bond motifs is 1. The van der Waals surface area contributed by atoms with Gasteiger partial charge in [0.15, 0.2) is 11.2 Å². The number of halogens is 2. The third kappa shape index (κ3) is 5.28. The quantitative estimate of drug-likeness (QED) is 0.274. The molecular weight excluding hydrogens is 519 g/mol. The van der Waals surface area contributed by atoms with Gasteiger partial charge >= 0.3 is 5.97 Å². The molecule has 11 heteroatoms. The first-order chi connectivity index (χ1) is 17.8. The van der Waals surface area contributed by atoms with Crippen LogP contribution in [-0.4, -0.2) is 49.9 Å². The Morgan fingerprint density at radius 3 is 2.70 bits per heavy atom. The highest BCUT2D eigenvalue weighted by Crippen LogP contribution is 2.42. The zero-order chi connectivity index (χ0) is 26.2. The minimum Gasteiger partial charge on any atom is -0.496 e. The van der Waals surface area contributed by atoms with E-state index in [1.165, 1.54) is 6.33 Å². The summed E-state index contributed by atoms with van der Waals surface area (Å²) >= 11 is 13.1. The molecule has 0 amide bonds. The summed E-state index contributed by atoms with van der Waals surface area (Å²) in [4.78, 5) is 24.7. The molecule has 9 nitrogen and oxygen atoms in total. The number of imidazole rings is 1. The molecule has 5 rings (SSSR count). The van der Waals surface area contributed by atoms with Crippen LogP contribution in [0.3, 0.4) is 0 Å². The zero-order valence-corrected chi connectivity index (χ0v) is 21.7. The maximum absolute atomic E-state index is 10.9. The Morgan fingerprint density at radius 1 is 1.16 bits per heavy atom. The molecule has 1 aliphatic carbocycles. The highest BCUT2D eigenvalue weighted by atomic mass is 35.5. The van der Waals surface area contributed by atoms with Gasteiger partial charge in [0.05, 0.1) is 31.7 Å². The van der Waals surface area contributed by atoms with Gasteiger partial charge in [0.2, 0.25) is 5.88 Å². The third-order valence-corrected chi connectivity index (χ3v) is 6.77. The lowest BCUT2D eigenvalue weighted by Gasteiger charge is -2.15. The van der Waals surface area contributed by atoms with E-state index in [4.69, 9.17) is 47.5 Å². The number of benzene rings is 2. The Morgan fingerprint density at radius 2 is 1.97 bits per heavy atom. The number of aliphatic carboxylic acids is 1. The van der Waals surface area contributed by atoms with Crippen LogP contribution in [0.1, 0.15) is 31.7 Å². The smallest absolute Gasteiger partial charge is 0.306 e. The predicted octanol–water partition coefficient (Wildman–Crippen LogP) is 5.64. The number of rotatable bonds is 10. The Balaban J connectivity index is 1.65. The summed E-state index contributed by atoms with van der Waals surface area (Å²) in [6.45, 7) is 2.34. The van der Waals surface area contributed by atoms with Crippen molar-refractivity contribution in [3.05, 3.63) is 58.3 Å². The van der Waals surface area contributed by atoms with Gasteiger partial charge in [0.25, 0.3) is 0 Å². The molecule has 4 aromatic rings. The number of aromatic nitrogens is 4. The van der Waals surface area contributed by atoms with Crippen molar-refractivity contribution >= 4 is 40.3 Å². The van der Waals surface area contributed by atoms with Crippen molar-refractivity contribution in [3.8, 4) is 28.8 Å². The van der Waals surface area contributed by atoms with Gasteiger partial charge in [-0.3, -0.25) is 4.79 Å². The minimum absolute atomic E-state index is 0.0172. The molecule has 1 N–H and O–H groups in total. The molecule has 1 fully saturated rings. The standard InChI is InChI=1S/C26H24Cl2N4O5/c1-26(9-10-26)37-25-22-24(29-14-30-25)32(13-15-12-16(27)6-7-18(15)35-2)23(31-22)17-4-3-5-19(21(17)28)36-11-8-20(33)34/h3-7,12,14H,8-11,13H2,1-2H3,(H,33,34). The molecule has 2 aromatic heterocycles. The molecular formula is C26H24Cl2N4O5. The highest BCUT2D eigenvalue weighted by molar-refractivity contribution is 6.34. The van der Waals surface area contributed by atoms with E-state index in [2.05, 4.69) is 9.97 Å². The second kappa shape index (κ2) is 10.1. The van der Waals surface area contributed by atoms with Crippen molar-refractivity contribution < 1.29 is 24.1 Å². The average Bonchev–Trinajstić information content (AvgIpc) is 3.48. The van der Waals surface area contributed by atoms with E-state index in [1.807, 2.05) is 23.6 Å². The molecule has 0 bridgehead atoms. The number of ether oxygens (including phenoxy) is 3. The summed E-state index contributed by atoms with van der Waals surface area (Å²) < 4.78 is 19.3. The molecule has 0 aliphatic heterocycles. The molecule has 2 heterocycles. The molecule has 0 saturated heterocycles. The number of methoxy groups -OCH3 is 1. The summed E-state index contributed by atoms with van der Waals surface area (Å²) in [7, 11) is 1.60. The summed E-state index contributed by atoms with van der Waals surface area (Å²) in [6, 6.07) is 10.7. The van der Waals surface area contributed by atoms with Crippen molar-refractivity contribution in [2.24, 2.45) is 0 Å². The first-order valence-corrected chi connectivity index (χ1v) is 12.4. The maximum Gasteiger partial charge on any atom is 0.306 e. The molecule has 0 atom stereocenters. The second-order valence-electron chi connectivity index (χ2n) is 8.99. The van der Waals surface area contributed by atoms with Gasteiger partial charge in [-0.05, 0) is 50.1 Å². The second-order valence-corrected chi connectivity index (χ2v) is 9.81. The maximum atomic E-state index is 10.9. The number of hydrogen-bond acceptors (Lipinski definition) is 7. The van der Waals surface area contributed by atoms with Gasteiger partial charge in [-0.25, -0.2) is 9.97 Å². The molecule has 0 unspecified atom stereocenters. The van der Waals surface area contributed by atoms with Crippen LogP contribution >= 0.6 is 23.2 Å². The lowest BCUT2D eigenvalue weighted by atomic mass is 10.1. The topological polar surface area (TPSA) is 109 Å². The Kier molecular flexibility index (Phi) is 6.83. The van der Waals surface area contributed by atoms with E-state index in [0.717, 1.165) is 18.4 Å². The number of carboxylic acid groups (broad SMARTS) is 1. The van der Waals surface area contributed by atoms with Crippen molar-refractivity contribution in [1.29, 1.82) is 0 Å². The summed E-state index contributed by atoms with van der Waals surface area (Å²) in [6.07, 6.45) is 3.18. The first kappa shape index (κ1) is 25.1. The van der Waals surface area contributed by atoms with Crippen LogP contribution in [0.4, 0.5) is 0 Å². The number of hydrogen-bond donors (Lipinski definition) is 1. The van der Waals surface area contributed by atoms with E-state index < -0.39 is 5.97 Å². The molecule has 37 heavy (non-hydrogen) atoms. The molecule has 1 saturated carbocycles. The van der Waals surface area contributed by atoms with Gasteiger partial charge in [0.1, 0.15) is 29.3 Å². The summed E-state index contributed by atoms with van der Waals surface area (Å²) in [5.41, 5.74) is 2.18. The van der Waals surface area contributed by atoms with Crippen LogP contribution in [0.15, 0.2) is 42.7 Å². The fraction of sp³-hybridized carbons (Fsp3) is 0.308. The van der Waals surface area contributed by atoms with E-state index in [1.54, 1.807) is 31.4 Å². The molecule has 192 valence electrons. The third-order valence-electron chi connectivity index (χ3n) is 6.14. The van der Waals surface area contributed by atoms with Crippen LogP contribution in [0.2, 0.25) is 10.0 Å². The van der Waals surface area contributed by atoms with Crippen LogP contribution in [0.5, 0.6) is 17.4 Å². The largest absolute Gasteiger partial charge is 0.496 e. The number of nitrogens with zero attached hydrogens (tertiary/aromatic N) is 4. The van der Waals surface area contributed by atoms with E-state index in [-0.39, 0.29) is 18.6 Å². The predicted molar refractivity (Wildman–Crippen MR) is 139 cm³/mol. The van der Waals surface area contributed by atoms with Crippen molar-refractivity contribution in [1.82, 2.24) is 19.5 Å². The van der Waals surface area contributed by atoms with E-state index in [0.29, 0.717) is 56.5 Å². The van der Waals surface area contributed by atoms with Crippen LogP contribution in [-0.2, 0) is 11.3 Å². The SMILES string of the molecule is COc1ccc(Cl)cc1Cn1c(-c2cccc(OCCC(=O)O)c2Cl)nc2c(OC3(C)CC3)ncnc21. The average molecular weight is 543 g/mol. The lowest BCUT2D eigenvalue weighted by molar-refractivity contribution is -0.137. The normalized spacial score (nSPS) is 13.9. The van der Waals surface area contributed by atoms with E-state index >= 15 is 0 Å². The van der Waals surface area contributed by atoms with E-state index in [9.17, 15) is 4.79 Å². The van der Waals surface area contributed by atoms with Gasteiger partial charge in [0, 0.05) is 16.1 Å². The first-order valence-electron chi connectivity index (χ1n) is 11.6. The van der Waals surface area contributed by atoms with Crippen molar-refractivity contribution in [3.63, 3.8) is 0 Å². The van der Waals surface area contributed by atoms with Crippen LogP contribution < -0.4 is 14.2 Å². The van der Waals surface area contributed by atoms with Gasteiger partial charge < -0.3 is 23.9 Å². The van der Waals surface area contributed by atoms with Crippen LogP contribution in [0.25, 0.3) is 22.6 Å². The molecule has 1 aliphatic rings. The highest BCUT2D eigenvalue weighted by Gasteiger charge is 2.41. The molecule has 0 radical (unpaired) electrons. The van der Waals surface area contributed by atoms with Gasteiger partial charge in [-0.2, -0.15) is 4.98 Å². The molecule has 2 aromatic carbocycles.